The Morgan fingerprint density at radius 2 is 0.615 bits per heavy atom. The fraction of sp³-hybridized carbons (Fsp3) is 0. The molecule has 0 rings (SSSR count). The van der Waals surface area contributed by atoms with E-state index in [1.165, 1.54) is 0 Å². The van der Waals surface area contributed by atoms with Crippen LogP contribution in [0.3, 0.4) is 0 Å². The zero-order valence-corrected chi connectivity index (χ0v) is 37.9. The quantitative estimate of drug-likeness (QED) is 0.200. The van der Waals surface area contributed by atoms with Crippen molar-refractivity contribution in [1.29, 1.82) is 0 Å². The van der Waals surface area contributed by atoms with E-state index in [1.807, 2.05) is 51.9 Å². The topological polar surface area (TPSA) is 0 Å². The molecule has 0 saturated heterocycles. The molecule has 0 aromatic heterocycles. The minimum absolute atomic E-state index is 0.557. The molecule has 0 N–H and O–H groups in total. The van der Waals surface area contributed by atoms with Crippen molar-refractivity contribution in [3.05, 3.63) is 0 Å². The number of hydrogen-bond donors (Lipinski definition) is 0. The molecule has 0 aliphatic rings. The Hall–Kier alpha value is 16.4. The first-order valence-electron chi connectivity index (χ1n) is 6.00. The predicted octanol–water partition coefficient (Wildman–Crippen LogP) is -4.95. The molecular formula is Ca13. The summed E-state index contributed by atoms with van der Waals surface area (Å²) in [5, 5.41) is 0. The van der Waals surface area contributed by atoms with Crippen molar-refractivity contribution in [2.24, 2.45) is 0 Å². The van der Waals surface area contributed by atoms with E-state index in [-0.39, 0.29) is 0 Å². The molecule has 13 heteroatoms. The van der Waals surface area contributed by atoms with Gasteiger partial charge in [-0.1, -0.05) is 0 Å². The molecule has 0 aliphatic heterocycles. The second kappa shape index (κ2) is 28.4. The van der Waals surface area contributed by atoms with Crippen LogP contribution in [0, 0.1) is 0 Å². The molecule has 0 bridgehead atoms. The van der Waals surface area contributed by atoms with Gasteiger partial charge in [0, 0.05) is 0 Å². The Balaban J connectivity index is 2.76. The van der Waals surface area contributed by atoms with Crippen molar-refractivity contribution in [3.63, 3.8) is 0 Å². The van der Waals surface area contributed by atoms with E-state index in [1.54, 1.807) is 0 Å². The van der Waals surface area contributed by atoms with Crippen LogP contribution < -0.4 is 0 Å². The van der Waals surface area contributed by atoms with Crippen molar-refractivity contribution in [1.82, 2.24) is 0 Å². The second-order valence-electron chi connectivity index (χ2n) is 3.89. The summed E-state index contributed by atoms with van der Waals surface area (Å²) in [5.74, 6) is 0. The van der Waals surface area contributed by atoms with E-state index in [2.05, 4.69) is 0 Å². The Morgan fingerprint density at radius 1 is 0.385 bits per heavy atom. The zero-order chi connectivity index (χ0) is 9.78. The standard InChI is InChI=1S/13Ca. The summed E-state index contributed by atoms with van der Waals surface area (Å²) in [6, 6.07) is 0. The Bertz CT molecular complexity index is 66.1. The summed E-state index contributed by atoms with van der Waals surface area (Å²) in [7, 11) is 0. The third kappa shape index (κ3) is 28.4. The monoisotopic (exact) mass is 520 g/mol. The molecule has 2 radical (unpaired) electrons. The summed E-state index contributed by atoms with van der Waals surface area (Å²) in [4.78, 5) is 0. The number of rotatable bonds is 10. The second-order valence-corrected chi connectivity index (χ2v) is 273. The van der Waals surface area contributed by atoms with Crippen LogP contribution in [-0.2, 0) is 0 Å². The normalized spacial score (nSPS) is 3.54. The van der Waals surface area contributed by atoms with E-state index in [0.717, 1.165) is 42.4 Å². The van der Waals surface area contributed by atoms with Crippen LogP contribution in [0.4, 0.5) is 0 Å². The van der Waals surface area contributed by atoms with Crippen LogP contribution in [0.15, 0.2) is 0 Å². The van der Waals surface area contributed by atoms with Gasteiger partial charge in [0.1, 0.15) is 0 Å². The molecule has 0 saturated carbocycles. The van der Waals surface area contributed by atoms with Gasteiger partial charge in [-0.25, -0.2) is 0 Å². The van der Waals surface area contributed by atoms with Crippen LogP contribution in [0.5, 0.6) is 0 Å². The van der Waals surface area contributed by atoms with Gasteiger partial charge in [-0.05, 0) is 0 Å². The van der Waals surface area contributed by atoms with Gasteiger partial charge in [-0.15, -0.1) is 0 Å². The van der Waals surface area contributed by atoms with E-state index in [9.17, 15) is 0 Å². The predicted molar refractivity (Wildman–Crippen MR) is 74.8 cm³/mol. The average molecular weight is 521 g/mol. The van der Waals surface area contributed by atoms with Crippen molar-refractivity contribution in [2.45, 2.75) is 0 Å². The van der Waals surface area contributed by atoms with Crippen LogP contribution in [-0.4, -0.2) is 208 Å². The van der Waals surface area contributed by atoms with Crippen molar-refractivity contribution < 1.29 is 0 Å². The van der Waals surface area contributed by atoms with E-state index >= 15 is 0 Å². The molecule has 0 aromatic carbocycles. The van der Waals surface area contributed by atoms with Crippen molar-refractivity contribution in [2.75, 3.05) is 0 Å². The molecule has 13 heavy (non-hydrogen) atoms. The molecular weight excluding hydrogens is 521 g/mol. The SMILES string of the molecule is [Ca][Ca][Ca][Ca][Ca][Ca][Ca][Ca][Ca][Ca][Ca][Ca][Ca]. The van der Waals surface area contributed by atoms with E-state index in [4.69, 9.17) is 0 Å². The summed E-state index contributed by atoms with van der Waals surface area (Å²) in [6.07, 6.45) is 0. The van der Waals surface area contributed by atoms with Crippen LogP contribution in [0.2, 0.25) is 0 Å². The van der Waals surface area contributed by atoms with Gasteiger partial charge in [0.25, 0.3) is 0 Å². The summed E-state index contributed by atoms with van der Waals surface area (Å²) in [6.45, 7) is 0. The molecule has 0 nitrogen and oxygen atoms in total. The summed E-state index contributed by atoms with van der Waals surface area (Å²) < 4.78 is 0. The first-order chi connectivity index (χ1) is 6.41. The van der Waals surface area contributed by atoms with Gasteiger partial charge < -0.3 is 0 Å². The van der Waals surface area contributed by atoms with Gasteiger partial charge in [0.2, 0.25) is 0 Å². The van der Waals surface area contributed by atoms with Crippen LogP contribution in [0.1, 0.15) is 0 Å². The first kappa shape index (κ1) is 29.4. The van der Waals surface area contributed by atoms with E-state index in [0.29, 0.717) is 113 Å². The van der Waals surface area contributed by atoms with Crippen LogP contribution >= 0.6 is 0 Å². The zero-order valence-electron chi connectivity index (χ0n) is 9.19. The summed E-state index contributed by atoms with van der Waals surface area (Å²) >= 11 is 11.2. The van der Waals surface area contributed by atoms with Crippen molar-refractivity contribution in [3.8, 4) is 0 Å². The molecule has 0 unspecified atom stereocenters. The average Bonchev–Trinajstić information content (AvgIpc) is 2.16. The Labute approximate surface area is 188 Å². The third-order valence-electron chi connectivity index (χ3n) is 2.50. The maximum absolute atomic E-state index is 1.92. The first-order valence-corrected chi connectivity index (χ1v) is 102. The molecule has 0 spiro atoms. The van der Waals surface area contributed by atoms with Gasteiger partial charge in [-0.2, -0.15) is 0 Å². The van der Waals surface area contributed by atoms with Gasteiger partial charge in [0.05, 0.1) is 0 Å². The fourth-order valence-corrected chi connectivity index (χ4v) is 1900. The molecule has 0 aromatic rings. The van der Waals surface area contributed by atoms with Crippen molar-refractivity contribution >= 4 is 208 Å². The van der Waals surface area contributed by atoms with Crippen LogP contribution in [0.25, 0.3) is 0 Å². The number of hydrogen-bond acceptors (Lipinski definition) is 0. The molecule has 26 valence electrons. The fourth-order valence-electron chi connectivity index (χ4n) is 1.59. The van der Waals surface area contributed by atoms with Gasteiger partial charge in [0.15, 0.2) is 0 Å². The molecule has 0 atom stereocenters. The third-order valence-corrected chi connectivity index (χ3v) is 722. The molecule has 0 heterocycles. The molecule has 0 fully saturated rings. The maximum atomic E-state index is 1.92. The molecule has 0 amide bonds. The van der Waals surface area contributed by atoms with E-state index < -0.39 is 0 Å². The molecule has 0 aliphatic carbocycles. The Kier molecular flexibility index (Phi) is 64.1. The van der Waals surface area contributed by atoms with Gasteiger partial charge in [-0.3, -0.25) is 0 Å². The minimum atomic E-state index is 0.557. The Morgan fingerprint density at radius 3 is 0.846 bits per heavy atom. The summed E-state index contributed by atoms with van der Waals surface area (Å²) in [5.41, 5.74) is 0. The van der Waals surface area contributed by atoms with Gasteiger partial charge >= 0.3 is 208 Å².